The number of likely N-dealkylation sites (N-methyl/N-ethyl adjacent to an activating group) is 1. The molecule has 1 saturated carbocycles. The smallest absolute Gasteiger partial charge is 0.243 e. The minimum absolute atomic E-state index is 0. The number of halogens is 1. The first-order chi connectivity index (χ1) is 13.6. The van der Waals surface area contributed by atoms with Gasteiger partial charge in [0.15, 0.2) is 5.96 Å². The molecule has 2 N–H and O–H groups in total. The fourth-order valence-corrected chi connectivity index (χ4v) is 4.07. The van der Waals surface area contributed by atoms with Crippen LogP contribution in [0.4, 0.5) is 0 Å². The average Bonchev–Trinajstić information content (AvgIpc) is 3.40. The molecule has 1 aliphatic heterocycles. The van der Waals surface area contributed by atoms with Gasteiger partial charge in [-0.2, -0.15) is 0 Å². The predicted molar refractivity (Wildman–Crippen MR) is 127 cm³/mol. The highest BCUT2D eigenvalue weighted by Gasteiger charge is 2.27. The quantitative estimate of drug-likeness (QED) is 0.331. The van der Waals surface area contributed by atoms with Crippen molar-refractivity contribution in [3.8, 4) is 0 Å². The molecule has 1 aromatic rings. The molecule has 1 aliphatic carbocycles. The Morgan fingerprint density at radius 2 is 1.97 bits per heavy atom. The van der Waals surface area contributed by atoms with Gasteiger partial charge in [-0.25, -0.2) is 4.99 Å². The predicted octanol–water partition coefficient (Wildman–Crippen LogP) is 2.47. The molecule has 2 fully saturated rings. The minimum Gasteiger partial charge on any atom is -0.469 e. The third-order valence-corrected chi connectivity index (χ3v) is 5.83. The molecular formula is C21H36IN5O2. The van der Waals surface area contributed by atoms with Crippen LogP contribution in [0.1, 0.15) is 44.3 Å². The van der Waals surface area contributed by atoms with E-state index >= 15 is 0 Å². The van der Waals surface area contributed by atoms with Gasteiger partial charge in [-0.3, -0.25) is 4.79 Å². The number of nitrogens with zero attached hydrogens (tertiary/aromatic N) is 3. The molecule has 8 heteroatoms. The zero-order chi connectivity index (χ0) is 19.8. The van der Waals surface area contributed by atoms with Crippen LogP contribution in [0, 0.1) is 0 Å². The van der Waals surface area contributed by atoms with Gasteiger partial charge in [0, 0.05) is 52.2 Å². The molecule has 0 atom stereocenters. The summed E-state index contributed by atoms with van der Waals surface area (Å²) in [6, 6.07) is 5.08. The zero-order valence-electron chi connectivity index (χ0n) is 17.7. The topological polar surface area (TPSA) is 73.1 Å². The lowest BCUT2D eigenvalue weighted by atomic mass is 10.0. The van der Waals surface area contributed by atoms with E-state index in [2.05, 4.69) is 20.5 Å². The molecule has 0 bridgehead atoms. The van der Waals surface area contributed by atoms with E-state index in [9.17, 15) is 4.79 Å². The standard InChI is InChI=1S/C21H35N5O2.HI/c1-25(2)20(27)16-23-21(22-12-9-19-8-5-15-28-19)24-17-10-13-26(14-11-17)18-6-3-4-7-18;/h5,8,15,17-18H,3-4,6-7,9-14,16H2,1-2H3,(H2,22,23,24);1H. The number of carbonyl (C=O) groups excluding carboxylic acids is 1. The summed E-state index contributed by atoms with van der Waals surface area (Å²) in [5.74, 6) is 1.67. The molecule has 1 saturated heterocycles. The lowest BCUT2D eigenvalue weighted by Gasteiger charge is -2.36. The van der Waals surface area contributed by atoms with Crippen molar-refractivity contribution in [3.63, 3.8) is 0 Å². The lowest BCUT2D eigenvalue weighted by molar-refractivity contribution is -0.127. The van der Waals surface area contributed by atoms with Gasteiger partial charge in [-0.05, 0) is 37.8 Å². The number of hydrogen-bond acceptors (Lipinski definition) is 4. The van der Waals surface area contributed by atoms with E-state index in [1.54, 1.807) is 25.3 Å². The van der Waals surface area contributed by atoms with E-state index in [1.165, 1.54) is 25.7 Å². The summed E-state index contributed by atoms with van der Waals surface area (Å²) in [5, 5.41) is 6.91. The van der Waals surface area contributed by atoms with E-state index < -0.39 is 0 Å². The average molecular weight is 517 g/mol. The first-order valence-electron chi connectivity index (χ1n) is 10.6. The zero-order valence-corrected chi connectivity index (χ0v) is 20.1. The maximum absolute atomic E-state index is 11.9. The summed E-state index contributed by atoms with van der Waals surface area (Å²) in [7, 11) is 3.52. The fraction of sp³-hybridized carbons (Fsp3) is 0.714. The van der Waals surface area contributed by atoms with Crippen LogP contribution in [-0.2, 0) is 11.2 Å². The molecule has 164 valence electrons. The molecule has 0 unspecified atom stereocenters. The number of hydrogen-bond donors (Lipinski definition) is 2. The van der Waals surface area contributed by atoms with Crippen LogP contribution in [0.3, 0.4) is 0 Å². The second-order valence-corrected chi connectivity index (χ2v) is 8.10. The van der Waals surface area contributed by atoms with Crippen molar-refractivity contribution in [2.45, 2.75) is 57.0 Å². The van der Waals surface area contributed by atoms with Crippen LogP contribution < -0.4 is 10.6 Å². The van der Waals surface area contributed by atoms with Crippen LogP contribution in [0.25, 0.3) is 0 Å². The molecule has 2 heterocycles. The van der Waals surface area contributed by atoms with Crippen LogP contribution in [-0.4, -0.2) is 74.0 Å². The Bertz CT molecular complexity index is 621. The van der Waals surface area contributed by atoms with Gasteiger partial charge in [0.2, 0.25) is 5.91 Å². The number of furan rings is 1. The monoisotopic (exact) mass is 517 g/mol. The first-order valence-corrected chi connectivity index (χ1v) is 10.6. The minimum atomic E-state index is 0. The van der Waals surface area contributed by atoms with Gasteiger partial charge in [0.25, 0.3) is 0 Å². The van der Waals surface area contributed by atoms with Crippen molar-refractivity contribution in [3.05, 3.63) is 24.2 Å². The maximum Gasteiger partial charge on any atom is 0.243 e. The molecule has 0 aromatic carbocycles. The van der Waals surface area contributed by atoms with E-state index in [4.69, 9.17) is 4.42 Å². The van der Waals surface area contributed by atoms with Crippen LogP contribution in [0.15, 0.2) is 27.8 Å². The highest BCUT2D eigenvalue weighted by Crippen LogP contribution is 2.26. The maximum atomic E-state index is 11.9. The molecule has 29 heavy (non-hydrogen) atoms. The van der Waals surface area contributed by atoms with E-state index in [0.29, 0.717) is 6.04 Å². The normalized spacial score (nSPS) is 19.0. The first kappa shape index (κ1) is 24.0. The molecule has 3 rings (SSSR count). The Balaban J connectivity index is 0.00000300. The van der Waals surface area contributed by atoms with Crippen LogP contribution in [0.5, 0.6) is 0 Å². The molecule has 0 radical (unpaired) electrons. The number of piperidine rings is 1. The summed E-state index contributed by atoms with van der Waals surface area (Å²) in [5.41, 5.74) is 0. The third-order valence-electron chi connectivity index (χ3n) is 5.83. The van der Waals surface area contributed by atoms with E-state index in [1.807, 2.05) is 12.1 Å². The second kappa shape index (κ2) is 12.4. The molecular weight excluding hydrogens is 481 g/mol. The Morgan fingerprint density at radius 3 is 2.59 bits per heavy atom. The number of carbonyl (C=O) groups is 1. The second-order valence-electron chi connectivity index (χ2n) is 8.10. The SMILES string of the molecule is CN(C)C(=O)CN=C(NCCc1ccco1)NC1CCN(C2CCCC2)CC1.I. The molecule has 2 aliphatic rings. The van der Waals surface area contributed by atoms with Gasteiger partial charge in [-0.15, -0.1) is 24.0 Å². The highest BCUT2D eigenvalue weighted by molar-refractivity contribution is 14.0. The molecule has 1 amide bonds. The molecule has 0 spiro atoms. The van der Waals surface area contributed by atoms with Gasteiger partial charge >= 0.3 is 0 Å². The van der Waals surface area contributed by atoms with Crippen molar-refractivity contribution >= 4 is 35.8 Å². The van der Waals surface area contributed by atoms with E-state index in [-0.39, 0.29) is 36.4 Å². The summed E-state index contributed by atoms with van der Waals surface area (Å²) in [4.78, 5) is 20.7. The Labute approximate surface area is 191 Å². The molecule has 7 nitrogen and oxygen atoms in total. The summed E-state index contributed by atoms with van der Waals surface area (Å²) < 4.78 is 5.39. The van der Waals surface area contributed by atoms with Crippen molar-refractivity contribution in [2.75, 3.05) is 40.3 Å². The number of rotatable bonds is 7. The van der Waals surface area contributed by atoms with Gasteiger partial charge < -0.3 is 24.9 Å². The fourth-order valence-electron chi connectivity index (χ4n) is 4.07. The van der Waals surface area contributed by atoms with Crippen LogP contribution in [0.2, 0.25) is 0 Å². The Morgan fingerprint density at radius 1 is 1.24 bits per heavy atom. The van der Waals surface area contributed by atoms with Crippen molar-refractivity contribution in [1.29, 1.82) is 0 Å². The number of nitrogens with one attached hydrogen (secondary N) is 2. The van der Waals surface area contributed by atoms with Gasteiger partial charge in [0.05, 0.1) is 6.26 Å². The Kier molecular flexibility index (Phi) is 10.3. The highest BCUT2D eigenvalue weighted by atomic mass is 127. The molecule has 1 aromatic heterocycles. The number of likely N-dealkylation sites (tertiary alicyclic amines) is 1. The van der Waals surface area contributed by atoms with Crippen molar-refractivity contribution in [2.24, 2.45) is 4.99 Å². The summed E-state index contributed by atoms with van der Waals surface area (Å²) in [6.07, 6.45) is 10.2. The largest absolute Gasteiger partial charge is 0.469 e. The number of amides is 1. The number of aliphatic imine (C=N–C) groups is 1. The van der Waals surface area contributed by atoms with E-state index in [0.717, 1.165) is 56.7 Å². The summed E-state index contributed by atoms with van der Waals surface area (Å²) >= 11 is 0. The Hall–Kier alpha value is -1.29. The van der Waals surface area contributed by atoms with Gasteiger partial charge in [-0.1, -0.05) is 12.8 Å². The van der Waals surface area contributed by atoms with Gasteiger partial charge in [0.1, 0.15) is 12.3 Å². The third kappa shape index (κ3) is 7.81. The van der Waals surface area contributed by atoms with Crippen molar-refractivity contribution < 1.29 is 9.21 Å². The number of guanidine groups is 1. The van der Waals surface area contributed by atoms with Crippen molar-refractivity contribution in [1.82, 2.24) is 20.4 Å². The lowest BCUT2D eigenvalue weighted by Crippen LogP contribution is -2.50. The summed E-state index contributed by atoms with van der Waals surface area (Å²) in [6.45, 7) is 3.18. The van der Waals surface area contributed by atoms with Crippen LogP contribution >= 0.6 is 24.0 Å².